The van der Waals surface area contributed by atoms with Gasteiger partial charge in [-0.25, -0.2) is 9.97 Å². The summed E-state index contributed by atoms with van der Waals surface area (Å²) in [4.78, 5) is 8.78. The summed E-state index contributed by atoms with van der Waals surface area (Å²) in [6.07, 6.45) is 2.63. The highest BCUT2D eigenvalue weighted by Gasteiger charge is 2.28. The summed E-state index contributed by atoms with van der Waals surface area (Å²) < 4.78 is 0. The number of aliphatic hydroxyl groups is 3. The number of aromatic nitrogens is 2. The minimum absolute atomic E-state index is 0.398. The molecule has 5 N–H and O–H groups in total. The Balaban J connectivity index is 3.00. The van der Waals surface area contributed by atoms with E-state index in [0.29, 0.717) is 17.5 Å². The predicted molar refractivity (Wildman–Crippen MR) is 82.4 cm³/mol. The van der Waals surface area contributed by atoms with Crippen LogP contribution in [0.25, 0.3) is 0 Å². The van der Waals surface area contributed by atoms with Gasteiger partial charge in [-0.15, -0.1) is 0 Å². The summed E-state index contributed by atoms with van der Waals surface area (Å²) in [6.45, 7) is 3.71. The molecule has 0 saturated heterocycles. The molecule has 0 unspecified atom stereocenters. The van der Waals surface area contributed by atoms with Crippen molar-refractivity contribution in [3.05, 3.63) is 11.9 Å². The van der Waals surface area contributed by atoms with Gasteiger partial charge in [-0.2, -0.15) is 0 Å². The van der Waals surface area contributed by atoms with Gasteiger partial charge < -0.3 is 26.0 Å². The number of nitrogens with one attached hydrogen (secondary N) is 2. The van der Waals surface area contributed by atoms with Gasteiger partial charge >= 0.3 is 0 Å². The summed E-state index contributed by atoms with van der Waals surface area (Å²) in [5.41, 5.74) is -1.19. The number of aryl methyl sites for hydroxylation is 1. The second-order valence-corrected chi connectivity index (χ2v) is 5.11. The second-order valence-electron chi connectivity index (χ2n) is 5.11. The van der Waals surface area contributed by atoms with Crippen LogP contribution >= 0.6 is 0 Å². The van der Waals surface area contributed by atoms with Crippen LogP contribution in [0.3, 0.4) is 0 Å². The van der Waals surface area contributed by atoms with E-state index in [9.17, 15) is 15.3 Å². The molecule has 0 aromatic carbocycles. The van der Waals surface area contributed by atoms with Crippen LogP contribution in [0, 0.1) is 0 Å². The zero-order valence-corrected chi connectivity index (χ0v) is 12.8. The Morgan fingerprint density at radius 1 is 1.00 bits per heavy atom. The first kappa shape index (κ1) is 17.6. The third-order valence-corrected chi connectivity index (χ3v) is 3.10. The van der Waals surface area contributed by atoms with Gasteiger partial charge in [0.2, 0.25) is 0 Å². The van der Waals surface area contributed by atoms with Gasteiger partial charge in [-0.3, -0.25) is 0 Å². The van der Waals surface area contributed by atoms with Crippen molar-refractivity contribution >= 4 is 11.6 Å². The van der Waals surface area contributed by atoms with E-state index in [0.717, 1.165) is 25.8 Å². The summed E-state index contributed by atoms with van der Waals surface area (Å²) in [7, 11) is 0. The van der Waals surface area contributed by atoms with E-state index in [1.54, 1.807) is 6.07 Å². The van der Waals surface area contributed by atoms with Crippen molar-refractivity contribution < 1.29 is 15.3 Å². The standard InChI is InChI=1S/C14H26N4O3/c1-3-5-11-16-12(15-6-4-2)7-13(17-11)18-14(8-19,9-20)10-21/h7,19-21H,3-6,8-10H2,1-2H3,(H2,15,16,17,18). The van der Waals surface area contributed by atoms with Crippen LogP contribution in [0.1, 0.15) is 32.5 Å². The number of hydrogen-bond donors (Lipinski definition) is 5. The second kappa shape index (κ2) is 8.76. The molecule has 1 rings (SSSR count). The lowest BCUT2D eigenvalue weighted by Gasteiger charge is -2.29. The van der Waals surface area contributed by atoms with Crippen LogP contribution in [-0.2, 0) is 6.42 Å². The predicted octanol–water partition coefficient (Wildman–Crippen LogP) is 0.379. The minimum Gasteiger partial charge on any atom is -0.394 e. The molecule has 1 heterocycles. The quantitative estimate of drug-likeness (QED) is 0.424. The van der Waals surface area contributed by atoms with E-state index < -0.39 is 25.4 Å². The number of aliphatic hydroxyl groups excluding tert-OH is 3. The van der Waals surface area contributed by atoms with Crippen LogP contribution in [0.5, 0.6) is 0 Å². The van der Waals surface area contributed by atoms with Crippen LogP contribution in [-0.4, -0.2) is 57.2 Å². The smallest absolute Gasteiger partial charge is 0.133 e. The van der Waals surface area contributed by atoms with E-state index in [2.05, 4.69) is 27.5 Å². The van der Waals surface area contributed by atoms with Crippen molar-refractivity contribution in [1.82, 2.24) is 9.97 Å². The molecular formula is C14H26N4O3. The minimum atomic E-state index is -1.19. The van der Waals surface area contributed by atoms with Gasteiger partial charge in [-0.05, 0) is 12.8 Å². The summed E-state index contributed by atoms with van der Waals surface area (Å²) in [6, 6.07) is 1.71. The molecule has 0 amide bonds. The maximum absolute atomic E-state index is 9.38. The third kappa shape index (κ3) is 5.11. The van der Waals surface area contributed by atoms with Crippen LogP contribution in [0.15, 0.2) is 6.07 Å². The van der Waals surface area contributed by atoms with Crippen LogP contribution in [0.4, 0.5) is 11.6 Å². The van der Waals surface area contributed by atoms with Gasteiger partial charge in [-0.1, -0.05) is 13.8 Å². The topological polar surface area (TPSA) is 111 Å². The molecule has 0 spiro atoms. The van der Waals surface area contributed by atoms with Gasteiger partial charge in [0.1, 0.15) is 23.0 Å². The highest BCUT2D eigenvalue weighted by atomic mass is 16.3. The Hall–Kier alpha value is -1.44. The van der Waals surface area contributed by atoms with Crippen molar-refractivity contribution in [1.29, 1.82) is 0 Å². The first-order valence-corrected chi connectivity index (χ1v) is 7.35. The van der Waals surface area contributed by atoms with Gasteiger partial charge in [0.15, 0.2) is 0 Å². The van der Waals surface area contributed by atoms with Crippen molar-refractivity contribution in [2.75, 3.05) is 37.0 Å². The Kier molecular flexibility index (Phi) is 7.35. The fraction of sp³-hybridized carbons (Fsp3) is 0.714. The van der Waals surface area contributed by atoms with E-state index in [4.69, 9.17) is 0 Å². The molecule has 21 heavy (non-hydrogen) atoms. The Bertz CT molecular complexity index is 416. The zero-order valence-electron chi connectivity index (χ0n) is 12.8. The Morgan fingerprint density at radius 3 is 2.14 bits per heavy atom. The fourth-order valence-electron chi connectivity index (χ4n) is 1.78. The zero-order chi connectivity index (χ0) is 15.7. The highest BCUT2D eigenvalue weighted by Crippen LogP contribution is 2.17. The third-order valence-electron chi connectivity index (χ3n) is 3.10. The van der Waals surface area contributed by atoms with Crippen molar-refractivity contribution in [2.24, 2.45) is 0 Å². The Labute approximate surface area is 125 Å². The first-order valence-electron chi connectivity index (χ1n) is 7.35. The lowest BCUT2D eigenvalue weighted by molar-refractivity contribution is 0.0831. The molecule has 0 aliphatic carbocycles. The highest BCUT2D eigenvalue weighted by molar-refractivity contribution is 5.49. The Morgan fingerprint density at radius 2 is 1.62 bits per heavy atom. The van der Waals surface area contributed by atoms with Crippen molar-refractivity contribution in [3.8, 4) is 0 Å². The van der Waals surface area contributed by atoms with Gasteiger partial charge in [0.05, 0.1) is 19.8 Å². The summed E-state index contributed by atoms with van der Waals surface area (Å²) in [5, 5.41) is 34.2. The monoisotopic (exact) mass is 298 g/mol. The molecule has 7 nitrogen and oxygen atoms in total. The average Bonchev–Trinajstić information content (AvgIpc) is 2.51. The molecule has 0 aliphatic heterocycles. The molecule has 0 atom stereocenters. The molecule has 7 heteroatoms. The SMILES string of the molecule is CCCNc1cc(NC(CO)(CO)CO)nc(CCC)n1. The van der Waals surface area contributed by atoms with E-state index >= 15 is 0 Å². The summed E-state index contributed by atoms with van der Waals surface area (Å²) in [5.74, 6) is 1.86. The van der Waals surface area contributed by atoms with Gasteiger partial charge in [0, 0.05) is 19.0 Å². The molecule has 1 aromatic heterocycles. The maximum atomic E-state index is 9.38. The summed E-state index contributed by atoms with van der Waals surface area (Å²) >= 11 is 0. The number of rotatable bonds is 10. The molecule has 0 bridgehead atoms. The van der Waals surface area contributed by atoms with Crippen LogP contribution in [0.2, 0.25) is 0 Å². The van der Waals surface area contributed by atoms with E-state index in [-0.39, 0.29) is 0 Å². The van der Waals surface area contributed by atoms with E-state index in [1.807, 2.05) is 6.92 Å². The van der Waals surface area contributed by atoms with Crippen molar-refractivity contribution in [3.63, 3.8) is 0 Å². The number of nitrogens with zero attached hydrogens (tertiary/aromatic N) is 2. The van der Waals surface area contributed by atoms with E-state index in [1.165, 1.54) is 0 Å². The normalized spacial score (nSPS) is 11.5. The number of hydrogen-bond acceptors (Lipinski definition) is 7. The molecular weight excluding hydrogens is 272 g/mol. The van der Waals surface area contributed by atoms with Crippen LogP contribution < -0.4 is 10.6 Å². The fourth-order valence-corrected chi connectivity index (χ4v) is 1.78. The lowest BCUT2D eigenvalue weighted by Crippen LogP contribution is -2.49. The average molecular weight is 298 g/mol. The molecule has 1 aromatic rings. The largest absolute Gasteiger partial charge is 0.394 e. The molecule has 0 aliphatic rings. The number of anilines is 2. The van der Waals surface area contributed by atoms with Gasteiger partial charge in [0.25, 0.3) is 0 Å². The molecule has 0 saturated carbocycles. The molecule has 120 valence electrons. The molecule has 0 radical (unpaired) electrons. The maximum Gasteiger partial charge on any atom is 0.133 e. The lowest BCUT2D eigenvalue weighted by atomic mass is 10.0. The molecule has 0 fully saturated rings. The van der Waals surface area contributed by atoms with Crippen molar-refractivity contribution in [2.45, 2.75) is 38.6 Å². The first-order chi connectivity index (χ1) is 10.1.